The normalized spacial score (nSPS) is 12.0. The molecule has 0 aliphatic heterocycles. The number of hydrogen-bond acceptors (Lipinski definition) is 2. The zero-order valence-corrected chi connectivity index (χ0v) is 7.74. The van der Waals surface area contributed by atoms with Crippen molar-refractivity contribution in [1.29, 1.82) is 0 Å². The van der Waals surface area contributed by atoms with Crippen LogP contribution in [-0.2, 0) is 4.62 Å². The van der Waals surface area contributed by atoms with Crippen LogP contribution in [0.2, 0.25) is 0 Å². The van der Waals surface area contributed by atoms with E-state index in [4.69, 9.17) is 4.62 Å². The first-order valence-corrected chi connectivity index (χ1v) is 3.72. The average molecular weight is 149 g/mol. The van der Waals surface area contributed by atoms with Gasteiger partial charge in [-0.25, -0.2) is 0 Å². The number of rotatable bonds is 3. The van der Waals surface area contributed by atoms with E-state index >= 15 is 0 Å². The smallest absolute Gasteiger partial charge is 0.136 e. The molecule has 0 aliphatic rings. The maximum absolute atomic E-state index is 5.02. The summed E-state index contributed by atoms with van der Waals surface area (Å²) in [7, 11) is 2.26. The summed E-state index contributed by atoms with van der Waals surface area (Å²) in [6.07, 6.45) is 0. The zero-order chi connectivity index (χ0) is 7.44. The molecule has 0 aromatic heterocycles. The van der Waals surface area contributed by atoms with Gasteiger partial charge in [-0.2, -0.15) is 0 Å². The molecule has 2 nitrogen and oxygen atoms in total. The molecule has 0 amide bonds. The molecule has 0 spiro atoms. The van der Waals surface area contributed by atoms with Gasteiger partial charge in [-0.05, 0) is 27.7 Å². The largest absolute Gasteiger partial charge is 0.164 e. The van der Waals surface area contributed by atoms with Crippen LogP contribution in [0, 0.1) is 0 Å². The fourth-order valence-corrected chi connectivity index (χ4v) is 1.33. The van der Waals surface area contributed by atoms with Gasteiger partial charge < -0.3 is 0 Å². The molecule has 0 saturated heterocycles. The Balaban J connectivity index is 3.68. The van der Waals surface area contributed by atoms with Gasteiger partial charge in [0.25, 0.3) is 0 Å². The van der Waals surface area contributed by atoms with Crippen molar-refractivity contribution in [3.05, 3.63) is 0 Å². The minimum atomic E-state index is 0.447. The van der Waals surface area contributed by atoms with Gasteiger partial charge in [-0.15, -0.1) is 4.62 Å². The van der Waals surface area contributed by atoms with Gasteiger partial charge in [0.15, 0.2) is 12.1 Å². The molecular weight excluding hydrogens is 133 g/mol. The SMILES string of the molecule is CC(C)[N+](OP)C(C)C. The van der Waals surface area contributed by atoms with E-state index in [-0.39, 0.29) is 0 Å². The second kappa shape index (κ2) is 4.21. The third-order valence-corrected chi connectivity index (χ3v) is 1.38. The second-order valence-corrected chi connectivity index (χ2v) is 2.86. The lowest BCUT2D eigenvalue weighted by molar-refractivity contribution is 0.0132. The maximum Gasteiger partial charge on any atom is 0.164 e. The minimum Gasteiger partial charge on any atom is -0.136 e. The highest BCUT2D eigenvalue weighted by molar-refractivity contribution is 7.09. The first-order valence-electron chi connectivity index (χ1n) is 3.24. The fraction of sp³-hybridized carbons (Fsp3) is 1.00. The van der Waals surface area contributed by atoms with Crippen LogP contribution in [0.25, 0.3) is 0 Å². The summed E-state index contributed by atoms with van der Waals surface area (Å²) in [6.45, 7) is 8.40. The molecule has 0 saturated carbocycles. The second-order valence-electron chi connectivity index (χ2n) is 2.65. The molecule has 9 heavy (non-hydrogen) atoms. The molecule has 55 valence electrons. The Labute approximate surface area is 59.8 Å². The van der Waals surface area contributed by atoms with Gasteiger partial charge >= 0.3 is 0 Å². The van der Waals surface area contributed by atoms with Gasteiger partial charge in [0.1, 0.15) is 0 Å². The summed E-state index contributed by atoms with van der Waals surface area (Å²) in [5.41, 5.74) is 0. The molecule has 0 N–H and O–H groups in total. The van der Waals surface area contributed by atoms with E-state index in [1.54, 1.807) is 0 Å². The van der Waals surface area contributed by atoms with E-state index in [0.29, 0.717) is 12.1 Å². The summed E-state index contributed by atoms with van der Waals surface area (Å²) in [6, 6.07) is 0.894. The van der Waals surface area contributed by atoms with Crippen LogP contribution in [0.1, 0.15) is 27.7 Å². The fourth-order valence-electron chi connectivity index (χ4n) is 0.840. The molecule has 0 fully saturated rings. The van der Waals surface area contributed by atoms with E-state index in [0.717, 1.165) is 0 Å². The predicted molar refractivity (Wildman–Crippen MR) is 43.2 cm³/mol. The van der Waals surface area contributed by atoms with Crippen molar-refractivity contribution in [3.63, 3.8) is 0 Å². The maximum atomic E-state index is 5.02. The zero-order valence-electron chi connectivity index (χ0n) is 6.59. The van der Waals surface area contributed by atoms with Crippen LogP contribution >= 0.6 is 9.47 Å². The number of hydrogen-bond donors (Lipinski definition) is 0. The summed E-state index contributed by atoms with van der Waals surface area (Å²) in [5, 5.41) is 1.92. The molecule has 0 heterocycles. The molecule has 3 heteroatoms. The Hall–Kier alpha value is 0.350. The first-order chi connectivity index (χ1) is 4.09. The van der Waals surface area contributed by atoms with Crippen molar-refractivity contribution < 1.29 is 4.62 Å². The number of hydroxylamine groups is 2. The highest BCUT2D eigenvalue weighted by atomic mass is 31.0. The summed E-state index contributed by atoms with van der Waals surface area (Å²) >= 11 is 0. The van der Waals surface area contributed by atoms with Crippen LogP contribution < -0.4 is 5.06 Å². The van der Waals surface area contributed by atoms with E-state index in [1.807, 2.05) is 5.06 Å². The molecule has 0 aromatic rings. The summed E-state index contributed by atoms with van der Waals surface area (Å²) in [5.74, 6) is 0. The summed E-state index contributed by atoms with van der Waals surface area (Å²) in [4.78, 5) is 0. The van der Waals surface area contributed by atoms with Crippen molar-refractivity contribution >= 4 is 9.47 Å². The summed E-state index contributed by atoms with van der Waals surface area (Å²) < 4.78 is 5.02. The van der Waals surface area contributed by atoms with Crippen molar-refractivity contribution in [2.75, 3.05) is 0 Å². The minimum absolute atomic E-state index is 0.447. The molecule has 1 atom stereocenters. The van der Waals surface area contributed by atoms with Gasteiger partial charge in [-0.3, -0.25) is 0 Å². The highest BCUT2D eigenvalue weighted by Gasteiger charge is 2.24. The molecular formula is C6H16NOP+. The quantitative estimate of drug-likeness (QED) is 0.338. The Morgan fingerprint density at radius 1 is 1.11 bits per heavy atom. The van der Waals surface area contributed by atoms with Crippen molar-refractivity contribution in [1.82, 2.24) is 5.06 Å². The van der Waals surface area contributed by atoms with Gasteiger partial charge in [-0.1, -0.05) is 0 Å². The average Bonchev–Trinajstić information content (AvgIpc) is 1.64. The van der Waals surface area contributed by atoms with E-state index < -0.39 is 0 Å². The Morgan fingerprint density at radius 2 is 1.44 bits per heavy atom. The molecule has 0 rings (SSSR count). The van der Waals surface area contributed by atoms with Crippen LogP contribution in [0.15, 0.2) is 0 Å². The Kier molecular flexibility index (Phi) is 4.37. The van der Waals surface area contributed by atoms with Crippen LogP contribution in [0.5, 0.6) is 0 Å². The van der Waals surface area contributed by atoms with Crippen LogP contribution in [0.4, 0.5) is 0 Å². The molecule has 1 unspecified atom stereocenters. The van der Waals surface area contributed by atoms with Crippen LogP contribution in [0.3, 0.4) is 0 Å². The number of nitrogens with zero attached hydrogens (tertiary/aromatic N) is 1. The van der Waals surface area contributed by atoms with Gasteiger partial charge in [0.05, 0.1) is 9.47 Å². The third kappa shape index (κ3) is 3.14. The van der Waals surface area contributed by atoms with E-state index in [1.165, 1.54) is 0 Å². The topological polar surface area (TPSA) is 15.1 Å². The van der Waals surface area contributed by atoms with Crippen LogP contribution in [-0.4, -0.2) is 12.1 Å². The van der Waals surface area contributed by atoms with E-state index in [2.05, 4.69) is 37.2 Å². The predicted octanol–water partition coefficient (Wildman–Crippen LogP) is 1.66. The van der Waals surface area contributed by atoms with Gasteiger partial charge in [0.2, 0.25) is 0 Å². The molecule has 0 aliphatic carbocycles. The van der Waals surface area contributed by atoms with Crippen molar-refractivity contribution in [2.24, 2.45) is 0 Å². The molecule has 1 radical (unpaired) electrons. The highest BCUT2D eigenvalue weighted by Crippen LogP contribution is 2.03. The van der Waals surface area contributed by atoms with Crippen molar-refractivity contribution in [3.8, 4) is 0 Å². The Bertz CT molecular complexity index is 67.5. The first kappa shape index (κ1) is 9.35. The lowest BCUT2D eigenvalue weighted by Crippen LogP contribution is -2.40. The monoisotopic (exact) mass is 149 g/mol. The van der Waals surface area contributed by atoms with Gasteiger partial charge in [0, 0.05) is 5.06 Å². The Morgan fingerprint density at radius 3 is 1.44 bits per heavy atom. The molecule has 0 bridgehead atoms. The molecule has 0 aromatic carbocycles. The van der Waals surface area contributed by atoms with E-state index in [9.17, 15) is 0 Å². The lowest BCUT2D eigenvalue weighted by atomic mass is 10.3. The van der Waals surface area contributed by atoms with Crippen molar-refractivity contribution in [2.45, 2.75) is 39.8 Å². The standard InChI is InChI=1S/C6H16NOP/c1-5(2)7(8-9)6(3)4/h5-6H,9H2,1-4H3/q+1. The third-order valence-electron chi connectivity index (χ3n) is 1.14. The lowest BCUT2D eigenvalue weighted by Gasteiger charge is -2.13.